The minimum atomic E-state index is -4.19. The second-order valence-corrected chi connectivity index (χ2v) is 8.93. The van der Waals surface area contributed by atoms with Crippen LogP contribution in [0.25, 0.3) is 0 Å². The standard InChI is InChI=1S/C22H19BrF4N2O3/c23-17-8-12(2-6-19(17)25)28-20(31)11-1-5-18(24)16(7-11)22(26,27)21(32)29-13-3-4-14(29)10-15(30)9-13/h1-2,5-8,13-15,30H,3-4,9-10H2,(H,28,31)/t13-,14+,15+. The summed E-state index contributed by atoms with van der Waals surface area (Å²) >= 11 is 2.98. The molecule has 3 atom stereocenters. The number of anilines is 1. The number of carbonyl (C=O) groups excluding carboxylic acids is 2. The van der Waals surface area contributed by atoms with Gasteiger partial charge in [0.15, 0.2) is 0 Å². The van der Waals surface area contributed by atoms with Gasteiger partial charge in [0.1, 0.15) is 11.6 Å². The van der Waals surface area contributed by atoms with Gasteiger partial charge in [-0.25, -0.2) is 8.78 Å². The van der Waals surface area contributed by atoms with Gasteiger partial charge in [-0.1, -0.05) is 0 Å². The van der Waals surface area contributed by atoms with E-state index in [1.165, 1.54) is 12.1 Å². The fourth-order valence-electron chi connectivity index (χ4n) is 4.44. The summed E-state index contributed by atoms with van der Waals surface area (Å²) in [7, 11) is 0. The number of aliphatic hydroxyl groups is 1. The molecule has 2 fully saturated rings. The lowest BCUT2D eigenvalue weighted by Gasteiger charge is -2.39. The third kappa shape index (κ3) is 4.13. The van der Waals surface area contributed by atoms with Crippen molar-refractivity contribution >= 4 is 33.4 Å². The first-order valence-corrected chi connectivity index (χ1v) is 10.8. The van der Waals surface area contributed by atoms with Gasteiger partial charge in [0, 0.05) is 23.3 Å². The molecule has 2 heterocycles. The third-order valence-electron chi connectivity index (χ3n) is 5.96. The van der Waals surface area contributed by atoms with Crippen molar-refractivity contribution in [1.82, 2.24) is 4.90 Å². The molecule has 0 spiro atoms. The fraction of sp³-hybridized carbons (Fsp3) is 0.364. The van der Waals surface area contributed by atoms with Crippen molar-refractivity contribution in [3.63, 3.8) is 0 Å². The molecule has 5 nitrogen and oxygen atoms in total. The molecule has 0 saturated carbocycles. The molecule has 2 bridgehead atoms. The molecule has 2 amide bonds. The summed E-state index contributed by atoms with van der Waals surface area (Å²) in [6.07, 6.45) is 0.761. The molecule has 2 aromatic carbocycles. The van der Waals surface area contributed by atoms with Gasteiger partial charge in [-0.05, 0) is 78.0 Å². The summed E-state index contributed by atoms with van der Waals surface area (Å²) < 4.78 is 58.2. The highest BCUT2D eigenvalue weighted by molar-refractivity contribution is 9.10. The minimum Gasteiger partial charge on any atom is -0.393 e. The Kier molecular flexibility index (Phi) is 6.02. The topological polar surface area (TPSA) is 69.6 Å². The Morgan fingerprint density at radius 3 is 2.28 bits per heavy atom. The number of nitrogens with zero attached hydrogens (tertiary/aromatic N) is 1. The van der Waals surface area contributed by atoms with E-state index in [4.69, 9.17) is 0 Å². The number of alkyl halides is 2. The molecule has 2 aromatic rings. The molecule has 2 aliphatic rings. The second kappa shape index (κ2) is 8.47. The number of rotatable bonds is 4. The molecule has 0 radical (unpaired) electrons. The number of nitrogens with one attached hydrogen (secondary N) is 1. The van der Waals surface area contributed by atoms with Crippen molar-refractivity contribution in [2.24, 2.45) is 0 Å². The first-order chi connectivity index (χ1) is 15.1. The summed E-state index contributed by atoms with van der Waals surface area (Å²) in [5.41, 5.74) is -1.28. The lowest BCUT2D eigenvalue weighted by atomic mass is 9.96. The zero-order chi connectivity index (χ0) is 23.2. The molecule has 2 saturated heterocycles. The van der Waals surface area contributed by atoms with Crippen molar-refractivity contribution < 1.29 is 32.3 Å². The normalized spacial score (nSPS) is 22.7. The molecule has 0 unspecified atom stereocenters. The number of carbonyl (C=O) groups is 2. The number of fused-ring (bicyclic) bond motifs is 2. The maximum Gasteiger partial charge on any atom is 0.352 e. The van der Waals surface area contributed by atoms with Crippen molar-refractivity contribution in [3.8, 4) is 0 Å². The van der Waals surface area contributed by atoms with E-state index in [0.717, 1.165) is 17.0 Å². The molecule has 2 N–H and O–H groups in total. The summed E-state index contributed by atoms with van der Waals surface area (Å²) in [5.74, 6) is -8.41. The molecule has 0 aromatic heterocycles. The van der Waals surface area contributed by atoms with E-state index in [1.807, 2.05) is 0 Å². The van der Waals surface area contributed by atoms with Gasteiger partial charge >= 0.3 is 5.92 Å². The summed E-state index contributed by atoms with van der Waals surface area (Å²) in [5, 5.41) is 12.3. The Bertz CT molecular complexity index is 1070. The average molecular weight is 515 g/mol. The van der Waals surface area contributed by atoms with Gasteiger partial charge in [0.2, 0.25) is 0 Å². The zero-order valence-corrected chi connectivity index (χ0v) is 18.2. The van der Waals surface area contributed by atoms with Gasteiger partial charge in [-0.15, -0.1) is 0 Å². The summed E-state index contributed by atoms with van der Waals surface area (Å²) in [6, 6.07) is 5.02. The highest BCUT2D eigenvalue weighted by Crippen LogP contribution is 2.41. The smallest absolute Gasteiger partial charge is 0.352 e. The largest absolute Gasteiger partial charge is 0.393 e. The van der Waals surface area contributed by atoms with Crippen LogP contribution >= 0.6 is 15.9 Å². The zero-order valence-electron chi connectivity index (χ0n) is 16.6. The maximum absolute atomic E-state index is 15.2. The van der Waals surface area contributed by atoms with Crippen LogP contribution < -0.4 is 5.32 Å². The van der Waals surface area contributed by atoms with Crippen LogP contribution in [0.4, 0.5) is 23.2 Å². The van der Waals surface area contributed by atoms with Crippen LogP contribution in [0.5, 0.6) is 0 Å². The van der Waals surface area contributed by atoms with Gasteiger partial charge in [0.25, 0.3) is 11.8 Å². The van der Waals surface area contributed by atoms with E-state index < -0.39 is 53.1 Å². The van der Waals surface area contributed by atoms with Gasteiger partial charge in [-0.2, -0.15) is 8.78 Å². The molecule has 0 aliphatic carbocycles. The van der Waals surface area contributed by atoms with Crippen LogP contribution in [-0.2, 0) is 10.7 Å². The van der Waals surface area contributed by atoms with Gasteiger partial charge < -0.3 is 15.3 Å². The summed E-state index contributed by atoms with van der Waals surface area (Å²) in [4.78, 5) is 26.3. The average Bonchev–Trinajstić information content (AvgIpc) is 3.00. The van der Waals surface area contributed by atoms with E-state index in [9.17, 15) is 23.5 Å². The van der Waals surface area contributed by atoms with Crippen LogP contribution in [0.1, 0.15) is 41.6 Å². The van der Waals surface area contributed by atoms with E-state index in [1.54, 1.807) is 0 Å². The highest BCUT2D eigenvalue weighted by Gasteiger charge is 2.53. The Hall–Kier alpha value is -2.46. The Labute approximate surface area is 189 Å². The Morgan fingerprint density at radius 2 is 1.66 bits per heavy atom. The van der Waals surface area contributed by atoms with Crippen LogP contribution in [0, 0.1) is 11.6 Å². The number of hydrogen-bond donors (Lipinski definition) is 2. The highest BCUT2D eigenvalue weighted by atomic mass is 79.9. The number of amides is 2. The first-order valence-electron chi connectivity index (χ1n) is 10.0. The number of aliphatic hydroxyl groups excluding tert-OH is 1. The van der Waals surface area contributed by atoms with Gasteiger partial charge in [-0.3, -0.25) is 9.59 Å². The molecule has 10 heteroatoms. The van der Waals surface area contributed by atoms with E-state index in [0.29, 0.717) is 25.0 Å². The predicted octanol–water partition coefficient (Wildman–Crippen LogP) is 4.59. The van der Waals surface area contributed by atoms with E-state index in [-0.39, 0.29) is 28.6 Å². The Balaban J connectivity index is 1.59. The SMILES string of the molecule is O=C(Nc1ccc(F)c(Br)c1)c1ccc(F)c(C(F)(F)C(=O)N2[C@@H]3CC[C@H]2C[C@@H](O)C3)c1. The van der Waals surface area contributed by atoms with Crippen LogP contribution in [0.3, 0.4) is 0 Å². The van der Waals surface area contributed by atoms with Crippen molar-refractivity contribution in [2.45, 2.75) is 49.8 Å². The molecule has 2 aliphatic heterocycles. The van der Waals surface area contributed by atoms with E-state index >= 15 is 8.78 Å². The molecular weight excluding hydrogens is 496 g/mol. The Morgan fingerprint density at radius 1 is 1.03 bits per heavy atom. The lowest BCUT2D eigenvalue weighted by Crippen LogP contribution is -2.53. The monoisotopic (exact) mass is 514 g/mol. The van der Waals surface area contributed by atoms with Crippen molar-refractivity contribution in [2.75, 3.05) is 5.32 Å². The van der Waals surface area contributed by atoms with Gasteiger partial charge in [0.05, 0.1) is 16.1 Å². The quantitative estimate of drug-likeness (QED) is 0.586. The molecule has 32 heavy (non-hydrogen) atoms. The molecule has 170 valence electrons. The fourth-order valence-corrected chi connectivity index (χ4v) is 4.82. The minimum absolute atomic E-state index is 0.0912. The number of halogens is 5. The number of piperidine rings is 1. The lowest BCUT2D eigenvalue weighted by molar-refractivity contribution is -0.166. The van der Waals surface area contributed by atoms with Crippen molar-refractivity contribution in [3.05, 3.63) is 63.6 Å². The van der Waals surface area contributed by atoms with Crippen molar-refractivity contribution in [1.29, 1.82) is 0 Å². The number of benzene rings is 2. The molecule has 4 rings (SSSR count). The summed E-state index contributed by atoms with van der Waals surface area (Å²) in [6.45, 7) is 0. The predicted molar refractivity (Wildman–Crippen MR) is 111 cm³/mol. The van der Waals surface area contributed by atoms with Crippen LogP contribution in [-0.4, -0.2) is 40.0 Å². The molecular formula is C22H19BrF4N2O3. The number of hydrogen-bond acceptors (Lipinski definition) is 3. The van der Waals surface area contributed by atoms with E-state index in [2.05, 4.69) is 21.2 Å². The second-order valence-electron chi connectivity index (χ2n) is 8.07. The first kappa shape index (κ1) is 22.7. The van der Waals surface area contributed by atoms with Crippen LogP contribution in [0.2, 0.25) is 0 Å². The third-order valence-corrected chi connectivity index (χ3v) is 6.56. The maximum atomic E-state index is 15.2. The van der Waals surface area contributed by atoms with Crippen LogP contribution in [0.15, 0.2) is 40.9 Å².